The summed E-state index contributed by atoms with van der Waals surface area (Å²) in [5.74, 6) is -0.282. The van der Waals surface area contributed by atoms with E-state index < -0.39 is 0 Å². The van der Waals surface area contributed by atoms with Gasteiger partial charge in [0.25, 0.3) is 0 Å². The van der Waals surface area contributed by atoms with Gasteiger partial charge in [0.2, 0.25) is 5.91 Å². The van der Waals surface area contributed by atoms with Gasteiger partial charge in [0, 0.05) is 38.6 Å². The molecule has 1 unspecified atom stereocenters. The quantitative estimate of drug-likeness (QED) is 0.810. The van der Waals surface area contributed by atoms with Crippen molar-refractivity contribution in [3.63, 3.8) is 0 Å². The highest BCUT2D eigenvalue weighted by Crippen LogP contribution is 2.26. The van der Waals surface area contributed by atoms with Crippen molar-refractivity contribution in [2.24, 2.45) is 5.92 Å². The Balaban J connectivity index is 1.50. The SMILES string of the molecule is CC(Cc1ccc(O)c(O)c1)C(=O)N1CCN(Cc2ccccc2)CC1. The van der Waals surface area contributed by atoms with E-state index in [9.17, 15) is 15.0 Å². The molecule has 5 heteroatoms. The fraction of sp³-hybridized carbons (Fsp3) is 0.381. The minimum absolute atomic E-state index is 0.137. The Morgan fingerprint density at radius 2 is 1.65 bits per heavy atom. The van der Waals surface area contributed by atoms with Gasteiger partial charge in [-0.2, -0.15) is 0 Å². The number of nitrogens with zero attached hydrogens (tertiary/aromatic N) is 2. The van der Waals surface area contributed by atoms with Gasteiger partial charge in [0.05, 0.1) is 0 Å². The molecule has 2 N–H and O–H groups in total. The van der Waals surface area contributed by atoms with Crippen molar-refractivity contribution in [1.82, 2.24) is 9.80 Å². The highest BCUT2D eigenvalue weighted by molar-refractivity contribution is 5.79. The summed E-state index contributed by atoms with van der Waals surface area (Å²) in [7, 11) is 0. The van der Waals surface area contributed by atoms with Crippen molar-refractivity contribution in [3.8, 4) is 11.5 Å². The second kappa shape index (κ2) is 8.23. The number of phenolic OH excluding ortho intramolecular Hbond substituents is 2. The third kappa shape index (κ3) is 4.55. The molecule has 1 aliphatic heterocycles. The maximum atomic E-state index is 12.7. The molecule has 1 amide bonds. The second-order valence-electron chi connectivity index (χ2n) is 7.02. The summed E-state index contributed by atoms with van der Waals surface area (Å²) in [5.41, 5.74) is 2.15. The van der Waals surface area contributed by atoms with Crippen molar-refractivity contribution in [3.05, 3.63) is 59.7 Å². The lowest BCUT2D eigenvalue weighted by molar-refractivity contribution is -0.136. The summed E-state index contributed by atoms with van der Waals surface area (Å²) < 4.78 is 0. The lowest BCUT2D eigenvalue weighted by Gasteiger charge is -2.36. The minimum atomic E-state index is -0.153. The number of piperazine rings is 1. The first-order chi connectivity index (χ1) is 12.5. The standard InChI is InChI=1S/C21H26N2O3/c1-16(13-18-7-8-19(24)20(25)14-18)21(26)23-11-9-22(10-12-23)15-17-5-3-2-4-6-17/h2-8,14,16,24-25H,9-13,15H2,1H3. The first-order valence-corrected chi connectivity index (χ1v) is 9.09. The predicted molar refractivity (Wildman–Crippen MR) is 101 cm³/mol. The van der Waals surface area contributed by atoms with E-state index in [1.54, 1.807) is 6.07 Å². The summed E-state index contributed by atoms with van der Waals surface area (Å²) in [6.07, 6.45) is 0.552. The van der Waals surface area contributed by atoms with E-state index in [-0.39, 0.29) is 23.3 Å². The molecule has 0 saturated carbocycles. The van der Waals surface area contributed by atoms with Crippen LogP contribution >= 0.6 is 0 Å². The zero-order chi connectivity index (χ0) is 18.5. The highest BCUT2D eigenvalue weighted by Gasteiger charge is 2.25. The van der Waals surface area contributed by atoms with Crippen molar-refractivity contribution >= 4 is 5.91 Å². The van der Waals surface area contributed by atoms with Crippen LogP contribution in [0.2, 0.25) is 0 Å². The number of benzene rings is 2. The maximum Gasteiger partial charge on any atom is 0.225 e. The van der Waals surface area contributed by atoms with Crippen molar-refractivity contribution in [1.29, 1.82) is 0 Å². The van der Waals surface area contributed by atoms with Crippen LogP contribution in [0.15, 0.2) is 48.5 Å². The molecule has 2 aromatic rings. The number of hydrogen-bond acceptors (Lipinski definition) is 4. The Morgan fingerprint density at radius 3 is 2.31 bits per heavy atom. The fourth-order valence-corrected chi connectivity index (χ4v) is 3.42. The molecule has 0 aliphatic carbocycles. The average Bonchev–Trinajstić information content (AvgIpc) is 2.65. The van der Waals surface area contributed by atoms with E-state index in [1.165, 1.54) is 17.7 Å². The molecule has 0 spiro atoms. The summed E-state index contributed by atoms with van der Waals surface area (Å²) in [6, 6.07) is 15.1. The van der Waals surface area contributed by atoms with Gasteiger partial charge in [-0.25, -0.2) is 0 Å². The van der Waals surface area contributed by atoms with E-state index in [2.05, 4.69) is 29.2 Å². The monoisotopic (exact) mass is 354 g/mol. The van der Waals surface area contributed by atoms with Gasteiger partial charge in [-0.15, -0.1) is 0 Å². The molecular formula is C21H26N2O3. The Kier molecular flexibility index (Phi) is 5.78. The van der Waals surface area contributed by atoms with E-state index in [0.717, 1.165) is 38.3 Å². The molecule has 3 rings (SSSR count). The number of phenols is 2. The molecule has 0 radical (unpaired) electrons. The van der Waals surface area contributed by atoms with Gasteiger partial charge in [0.15, 0.2) is 11.5 Å². The number of rotatable bonds is 5. The number of aromatic hydroxyl groups is 2. The largest absolute Gasteiger partial charge is 0.504 e. The van der Waals surface area contributed by atoms with Gasteiger partial charge in [-0.3, -0.25) is 9.69 Å². The molecule has 5 nitrogen and oxygen atoms in total. The predicted octanol–water partition coefficient (Wildman–Crippen LogP) is 2.62. The molecule has 0 aromatic heterocycles. The second-order valence-corrected chi connectivity index (χ2v) is 7.02. The van der Waals surface area contributed by atoms with Crippen LogP contribution in [0.1, 0.15) is 18.1 Å². The lowest BCUT2D eigenvalue weighted by Crippen LogP contribution is -2.49. The summed E-state index contributed by atoms with van der Waals surface area (Å²) in [5, 5.41) is 19.0. The number of amides is 1. The van der Waals surface area contributed by atoms with E-state index in [0.29, 0.717) is 6.42 Å². The maximum absolute atomic E-state index is 12.7. The van der Waals surface area contributed by atoms with E-state index >= 15 is 0 Å². The minimum Gasteiger partial charge on any atom is -0.504 e. The highest BCUT2D eigenvalue weighted by atomic mass is 16.3. The van der Waals surface area contributed by atoms with Crippen molar-refractivity contribution in [2.75, 3.05) is 26.2 Å². The summed E-state index contributed by atoms with van der Waals surface area (Å²) in [4.78, 5) is 17.0. The van der Waals surface area contributed by atoms with Gasteiger partial charge < -0.3 is 15.1 Å². The first kappa shape index (κ1) is 18.3. The molecule has 1 aliphatic rings. The Hall–Kier alpha value is -2.53. The number of hydrogen-bond donors (Lipinski definition) is 2. The van der Waals surface area contributed by atoms with Gasteiger partial charge >= 0.3 is 0 Å². The van der Waals surface area contributed by atoms with Crippen LogP contribution in [-0.2, 0) is 17.8 Å². The third-order valence-corrected chi connectivity index (χ3v) is 4.94. The molecular weight excluding hydrogens is 328 g/mol. The van der Waals surface area contributed by atoms with E-state index in [4.69, 9.17) is 0 Å². The Bertz CT molecular complexity index is 740. The van der Waals surface area contributed by atoms with E-state index in [1.807, 2.05) is 17.9 Å². The number of carbonyl (C=O) groups excluding carboxylic acids is 1. The first-order valence-electron chi connectivity index (χ1n) is 9.09. The molecule has 1 saturated heterocycles. The smallest absolute Gasteiger partial charge is 0.225 e. The summed E-state index contributed by atoms with van der Waals surface area (Å²) in [6.45, 7) is 6.10. The molecule has 2 aromatic carbocycles. The van der Waals surface area contributed by atoms with Crippen LogP contribution in [0.3, 0.4) is 0 Å². The average molecular weight is 354 g/mol. The lowest BCUT2D eigenvalue weighted by atomic mass is 9.99. The summed E-state index contributed by atoms with van der Waals surface area (Å²) >= 11 is 0. The van der Waals surface area contributed by atoms with Crippen molar-refractivity contribution < 1.29 is 15.0 Å². The van der Waals surface area contributed by atoms with Crippen LogP contribution in [0, 0.1) is 5.92 Å². The van der Waals surface area contributed by atoms with Crippen LogP contribution in [0.4, 0.5) is 0 Å². The van der Waals surface area contributed by atoms with Gasteiger partial charge in [-0.1, -0.05) is 43.3 Å². The van der Waals surface area contributed by atoms with Crippen LogP contribution in [-0.4, -0.2) is 52.1 Å². The molecule has 1 fully saturated rings. The third-order valence-electron chi connectivity index (χ3n) is 4.94. The van der Waals surface area contributed by atoms with Gasteiger partial charge in [-0.05, 0) is 29.7 Å². The zero-order valence-electron chi connectivity index (χ0n) is 15.1. The molecule has 1 atom stereocenters. The fourth-order valence-electron chi connectivity index (χ4n) is 3.42. The molecule has 26 heavy (non-hydrogen) atoms. The van der Waals surface area contributed by atoms with Gasteiger partial charge in [0.1, 0.15) is 0 Å². The molecule has 138 valence electrons. The Morgan fingerprint density at radius 1 is 0.962 bits per heavy atom. The number of carbonyl (C=O) groups is 1. The zero-order valence-corrected chi connectivity index (χ0v) is 15.1. The van der Waals surface area contributed by atoms with Crippen LogP contribution < -0.4 is 0 Å². The molecule has 1 heterocycles. The molecule has 0 bridgehead atoms. The van der Waals surface area contributed by atoms with Crippen LogP contribution in [0.25, 0.3) is 0 Å². The Labute approximate surface area is 154 Å². The van der Waals surface area contributed by atoms with Crippen molar-refractivity contribution in [2.45, 2.75) is 19.9 Å². The van der Waals surface area contributed by atoms with Crippen LogP contribution in [0.5, 0.6) is 11.5 Å². The normalized spacial score (nSPS) is 16.4. The topological polar surface area (TPSA) is 64.0 Å².